The fourth-order valence-corrected chi connectivity index (χ4v) is 2.80. The molecule has 0 spiro atoms. The van der Waals surface area contributed by atoms with Crippen LogP contribution in [-0.4, -0.2) is 26.4 Å². The lowest BCUT2D eigenvalue weighted by molar-refractivity contribution is 0.215. The monoisotopic (exact) mass is 290 g/mol. The smallest absolute Gasteiger partial charge is 0.124 e. The number of aromatic nitrogens is 2. The largest absolute Gasteiger partial charge is 0.395 e. The number of hydrogen-bond acceptors (Lipinski definition) is 3. The standard InChI is InChI=1S/C15H15ClN2O2/c1-9-17-14-13(18(9)6-7-19)5-2-10-8-11(16)3-4-12(10)15(14)20/h2-5,8,15,19-20H,6-7H2,1H3. The van der Waals surface area contributed by atoms with Gasteiger partial charge in [0.2, 0.25) is 0 Å². The van der Waals surface area contributed by atoms with Gasteiger partial charge in [0.1, 0.15) is 11.9 Å². The molecule has 1 aliphatic carbocycles. The lowest BCUT2D eigenvalue weighted by Gasteiger charge is -2.11. The minimum atomic E-state index is -0.786. The lowest BCUT2D eigenvalue weighted by Crippen LogP contribution is -2.07. The number of benzene rings is 1. The molecule has 0 aliphatic heterocycles. The molecule has 1 aromatic carbocycles. The molecule has 0 fully saturated rings. The van der Waals surface area contributed by atoms with Crippen molar-refractivity contribution in [2.24, 2.45) is 0 Å². The number of nitrogens with zero attached hydrogens (tertiary/aromatic N) is 2. The van der Waals surface area contributed by atoms with Crippen molar-refractivity contribution in [3.8, 4) is 0 Å². The van der Waals surface area contributed by atoms with Crippen LogP contribution in [0.3, 0.4) is 0 Å². The third-order valence-electron chi connectivity index (χ3n) is 3.57. The van der Waals surface area contributed by atoms with Gasteiger partial charge in [-0.2, -0.15) is 0 Å². The number of hydrogen-bond donors (Lipinski definition) is 2. The third kappa shape index (κ3) is 2.06. The molecule has 0 amide bonds. The van der Waals surface area contributed by atoms with E-state index >= 15 is 0 Å². The van der Waals surface area contributed by atoms with Crippen LogP contribution in [0.5, 0.6) is 0 Å². The zero-order valence-corrected chi connectivity index (χ0v) is 11.8. The van der Waals surface area contributed by atoms with Crippen LogP contribution in [0.15, 0.2) is 18.2 Å². The van der Waals surface area contributed by atoms with Crippen molar-refractivity contribution in [1.29, 1.82) is 0 Å². The maximum absolute atomic E-state index is 10.6. The molecular weight excluding hydrogens is 276 g/mol. The second kappa shape index (κ2) is 5.05. The molecular formula is C15H15ClN2O2. The summed E-state index contributed by atoms with van der Waals surface area (Å²) < 4.78 is 1.91. The Labute approximate surface area is 122 Å². The van der Waals surface area contributed by atoms with E-state index < -0.39 is 6.10 Å². The van der Waals surface area contributed by atoms with Crippen molar-refractivity contribution in [2.45, 2.75) is 19.6 Å². The molecule has 20 heavy (non-hydrogen) atoms. The average molecular weight is 291 g/mol. The van der Waals surface area contributed by atoms with Crippen molar-refractivity contribution in [3.05, 3.63) is 51.6 Å². The number of aliphatic hydroxyl groups excluding tert-OH is 2. The Bertz CT molecular complexity index is 691. The molecule has 1 unspecified atom stereocenters. The van der Waals surface area contributed by atoms with Gasteiger partial charge in [0.05, 0.1) is 18.0 Å². The highest BCUT2D eigenvalue weighted by atomic mass is 35.5. The van der Waals surface area contributed by atoms with E-state index in [4.69, 9.17) is 16.7 Å². The van der Waals surface area contributed by atoms with Crippen LogP contribution < -0.4 is 0 Å². The van der Waals surface area contributed by atoms with E-state index in [9.17, 15) is 5.11 Å². The number of aliphatic hydroxyl groups is 2. The van der Waals surface area contributed by atoms with Gasteiger partial charge in [-0.25, -0.2) is 4.98 Å². The molecule has 0 radical (unpaired) electrons. The molecule has 1 aromatic heterocycles. The van der Waals surface area contributed by atoms with Crippen LogP contribution >= 0.6 is 11.6 Å². The summed E-state index contributed by atoms with van der Waals surface area (Å²) in [7, 11) is 0. The molecule has 4 nitrogen and oxygen atoms in total. The number of rotatable bonds is 2. The van der Waals surface area contributed by atoms with Gasteiger partial charge < -0.3 is 14.8 Å². The lowest BCUT2D eigenvalue weighted by atomic mass is 10.0. The van der Waals surface area contributed by atoms with Gasteiger partial charge in [0.15, 0.2) is 0 Å². The van der Waals surface area contributed by atoms with Crippen molar-refractivity contribution in [2.75, 3.05) is 6.61 Å². The predicted molar refractivity (Wildman–Crippen MR) is 78.5 cm³/mol. The molecule has 0 saturated heterocycles. The Morgan fingerprint density at radius 3 is 2.90 bits per heavy atom. The summed E-state index contributed by atoms with van der Waals surface area (Å²) >= 11 is 6.00. The maximum Gasteiger partial charge on any atom is 0.124 e. The summed E-state index contributed by atoms with van der Waals surface area (Å²) in [4.78, 5) is 4.45. The first-order chi connectivity index (χ1) is 9.61. The number of aryl methyl sites for hydroxylation is 1. The second-order valence-corrected chi connectivity index (χ2v) is 5.25. The zero-order chi connectivity index (χ0) is 14.3. The fraction of sp³-hybridized carbons (Fsp3) is 0.267. The number of imidazole rings is 1. The molecule has 104 valence electrons. The van der Waals surface area contributed by atoms with Gasteiger partial charge in [-0.05, 0) is 36.3 Å². The summed E-state index contributed by atoms with van der Waals surface area (Å²) in [6.07, 6.45) is 3.05. The zero-order valence-electron chi connectivity index (χ0n) is 11.0. The van der Waals surface area contributed by atoms with Crippen LogP contribution in [0.4, 0.5) is 0 Å². The van der Waals surface area contributed by atoms with Gasteiger partial charge >= 0.3 is 0 Å². The second-order valence-electron chi connectivity index (χ2n) is 4.81. The van der Waals surface area contributed by atoms with Gasteiger partial charge in [0, 0.05) is 11.6 Å². The first-order valence-electron chi connectivity index (χ1n) is 6.45. The van der Waals surface area contributed by atoms with E-state index in [2.05, 4.69) is 4.98 Å². The van der Waals surface area contributed by atoms with Gasteiger partial charge in [-0.3, -0.25) is 0 Å². The van der Waals surface area contributed by atoms with Crippen LogP contribution in [0.2, 0.25) is 5.02 Å². The van der Waals surface area contributed by atoms with E-state index in [-0.39, 0.29) is 6.61 Å². The fourth-order valence-electron chi connectivity index (χ4n) is 2.62. The van der Waals surface area contributed by atoms with Crippen molar-refractivity contribution in [3.63, 3.8) is 0 Å². The number of fused-ring (bicyclic) bond motifs is 2. The summed E-state index contributed by atoms with van der Waals surface area (Å²) in [5.41, 5.74) is 3.12. The highest BCUT2D eigenvalue weighted by Crippen LogP contribution is 2.33. The van der Waals surface area contributed by atoms with Gasteiger partial charge in [-0.1, -0.05) is 23.7 Å². The summed E-state index contributed by atoms with van der Waals surface area (Å²) in [6, 6.07) is 5.41. The van der Waals surface area contributed by atoms with Crippen LogP contribution in [0.25, 0.3) is 12.2 Å². The summed E-state index contributed by atoms with van der Waals surface area (Å²) in [6.45, 7) is 2.36. The van der Waals surface area contributed by atoms with Crippen LogP contribution in [-0.2, 0) is 6.54 Å². The Morgan fingerprint density at radius 2 is 2.15 bits per heavy atom. The quantitative estimate of drug-likeness (QED) is 0.893. The topological polar surface area (TPSA) is 58.3 Å². The molecule has 5 heteroatoms. The SMILES string of the molecule is Cc1nc2c(n1CCO)C=Cc1cc(Cl)ccc1C2O. The van der Waals surface area contributed by atoms with Crippen molar-refractivity contribution < 1.29 is 10.2 Å². The number of halogens is 1. The molecule has 0 bridgehead atoms. The Morgan fingerprint density at radius 1 is 1.35 bits per heavy atom. The first kappa shape index (κ1) is 13.4. The van der Waals surface area contributed by atoms with Crippen molar-refractivity contribution >= 4 is 23.8 Å². The molecule has 1 heterocycles. The normalized spacial score (nSPS) is 16.7. The maximum atomic E-state index is 10.6. The Kier molecular flexibility index (Phi) is 3.38. The van der Waals surface area contributed by atoms with E-state index in [1.165, 1.54) is 0 Å². The van der Waals surface area contributed by atoms with Crippen LogP contribution in [0.1, 0.15) is 34.4 Å². The van der Waals surface area contributed by atoms with E-state index in [1.54, 1.807) is 6.07 Å². The molecule has 2 aromatic rings. The third-order valence-corrected chi connectivity index (χ3v) is 3.81. The summed E-state index contributed by atoms with van der Waals surface area (Å²) in [5, 5.41) is 20.4. The minimum absolute atomic E-state index is 0.0341. The van der Waals surface area contributed by atoms with Gasteiger partial charge in [-0.15, -0.1) is 0 Å². The first-order valence-corrected chi connectivity index (χ1v) is 6.83. The van der Waals surface area contributed by atoms with Crippen molar-refractivity contribution in [1.82, 2.24) is 9.55 Å². The summed E-state index contributed by atoms with van der Waals surface area (Å²) in [5.74, 6) is 0.783. The highest BCUT2D eigenvalue weighted by molar-refractivity contribution is 6.30. The molecule has 2 N–H and O–H groups in total. The molecule has 1 aliphatic rings. The van der Waals surface area contributed by atoms with E-state index in [0.29, 0.717) is 17.3 Å². The minimum Gasteiger partial charge on any atom is -0.395 e. The van der Waals surface area contributed by atoms with E-state index in [1.807, 2.05) is 35.8 Å². The Hall–Kier alpha value is -1.62. The van der Waals surface area contributed by atoms with E-state index in [0.717, 1.165) is 22.6 Å². The van der Waals surface area contributed by atoms with Gasteiger partial charge in [0.25, 0.3) is 0 Å². The highest BCUT2D eigenvalue weighted by Gasteiger charge is 2.24. The molecule has 0 saturated carbocycles. The molecule has 3 rings (SSSR count). The average Bonchev–Trinajstić information content (AvgIpc) is 2.66. The predicted octanol–water partition coefficient (Wildman–Crippen LogP) is 2.40. The van der Waals surface area contributed by atoms with Crippen LogP contribution in [0, 0.1) is 6.92 Å². The molecule has 1 atom stereocenters. The Balaban J connectivity index is 2.18.